The normalized spacial score (nSPS) is 10.9. The molecule has 0 aliphatic carbocycles. The lowest BCUT2D eigenvalue weighted by atomic mass is 10.2. The zero-order chi connectivity index (χ0) is 11.8. The van der Waals surface area contributed by atoms with E-state index in [1.165, 1.54) is 0 Å². The molecule has 0 aliphatic heterocycles. The van der Waals surface area contributed by atoms with Crippen molar-refractivity contribution in [1.29, 1.82) is 0 Å². The number of rotatable bonds is 1. The van der Waals surface area contributed by atoms with Crippen LogP contribution in [-0.4, -0.2) is 14.7 Å². The smallest absolute Gasteiger partial charge is 0.144 e. The molecule has 1 N–H and O–H groups in total. The maximum Gasteiger partial charge on any atom is 0.144 e. The molecular formula is C14H12N2O. The molecule has 2 aromatic carbocycles. The second-order valence-electron chi connectivity index (χ2n) is 4.00. The first-order valence-corrected chi connectivity index (χ1v) is 5.47. The molecular weight excluding hydrogens is 212 g/mol. The summed E-state index contributed by atoms with van der Waals surface area (Å²) in [5.74, 6) is 1.04. The molecule has 0 unspecified atom stereocenters. The Kier molecular flexibility index (Phi) is 2.11. The molecule has 3 rings (SSSR count). The summed E-state index contributed by atoms with van der Waals surface area (Å²) in [6.45, 7) is 0. The molecule has 3 aromatic rings. The summed E-state index contributed by atoms with van der Waals surface area (Å²) in [6, 6.07) is 15.2. The predicted molar refractivity (Wildman–Crippen MR) is 67.8 cm³/mol. The van der Waals surface area contributed by atoms with E-state index in [1.54, 1.807) is 6.07 Å². The molecule has 17 heavy (non-hydrogen) atoms. The van der Waals surface area contributed by atoms with E-state index >= 15 is 0 Å². The fourth-order valence-electron chi connectivity index (χ4n) is 2.05. The van der Waals surface area contributed by atoms with Crippen LogP contribution in [0.1, 0.15) is 0 Å². The third kappa shape index (κ3) is 1.47. The highest BCUT2D eigenvalue weighted by Gasteiger charge is 2.11. The Morgan fingerprint density at radius 1 is 1.00 bits per heavy atom. The first-order valence-electron chi connectivity index (χ1n) is 5.47. The van der Waals surface area contributed by atoms with Gasteiger partial charge in [0.05, 0.1) is 16.6 Å². The number of phenols is 1. The number of imidazole rings is 1. The highest BCUT2D eigenvalue weighted by molar-refractivity contribution is 5.81. The van der Waals surface area contributed by atoms with Gasteiger partial charge in [-0.3, -0.25) is 0 Å². The number of benzene rings is 2. The van der Waals surface area contributed by atoms with Crippen LogP contribution >= 0.6 is 0 Å². The largest absolute Gasteiger partial charge is 0.507 e. The summed E-state index contributed by atoms with van der Waals surface area (Å²) in [4.78, 5) is 4.55. The second kappa shape index (κ2) is 3.63. The second-order valence-corrected chi connectivity index (χ2v) is 4.00. The number of hydrogen-bond donors (Lipinski definition) is 1. The molecule has 0 amide bonds. The third-order valence-corrected chi connectivity index (χ3v) is 2.93. The quantitative estimate of drug-likeness (QED) is 0.690. The molecule has 0 atom stereocenters. The van der Waals surface area contributed by atoms with E-state index in [2.05, 4.69) is 4.98 Å². The lowest BCUT2D eigenvalue weighted by Crippen LogP contribution is -1.92. The summed E-state index contributed by atoms with van der Waals surface area (Å²) in [7, 11) is 1.96. The minimum absolute atomic E-state index is 0.255. The van der Waals surface area contributed by atoms with E-state index in [9.17, 15) is 5.11 Å². The van der Waals surface area contributed by atoms with Crippen LogP contribution in [0.25, 0.3) is 22.4 Å². The highest BCUT2D eigenvalue weighted by Crippen LogP contribution is 2.29. The maximum atomic E-state index is 9.86. The van der Waals surface area contributed by atoms with Gasteiger partial charge in [-0.05, 0) is 24.3 Å². The summed E-state index contributed by atoms with van der Waals surface area (Å²) in [5, 5.41) is 9.86. The Hall–Kier alpha value is -2.29. The molecule has 3 heteroatoms. The maximum absolute atomic E-state index is 9.86. The van der Waals surface area contributed by atoms with Crippen LogP contribution in [0.2, 0.25) is 0 Å². The van der Waals surface area contributed by atoms with E-state index < -0.39 is 0 Å². The van der Waals surface area contributed by atoms with Gasteiger partial charge in [-0.25, -0.2) is 4.98 Å². The van der Waals surface area contributed by atoms with E-state index in [0.29, 0.717) is 0 Å². The van der Waals surface area contributed by atoms with Gasteiger partial charge in [0.25, 0.3) is 0 Å². The van der Waals surface area contributed by atoms with E-state index in [-0.39, 0.29) is 5.75 Å². The fraction of sp³-hybridized carbons (Fsp3) is 0.0714. The molecule has 0 saturated heterocycles. The van der Waals surface area contributed by atoms with E-state index in [1.807, 2.05) is 54.1 Å². The van der Waals surface area contributed by atoms with Crippen LogP contribution in [0.4, 0.5) is 0 Å². The van der Waals surface area contributed by atoms with Crippen LogP contribution in [-0.2, 0) is 7.05 Å². The van der Waals surface area contributed by atoms with Gasteiger partial charge < -0.3 is 9.67 Å². The van der Waals surface area contributed by atoms with Crippen molar-refractivity contribution >= 4 is 11.0 Å². The molecule has 0 radical (unpaired) electrons. The monoisotopic (exact) mass is 224 g/mol. The van der Waals surface area contributed by atoms with Crippen molar-refractivity contribution in [3.05, 3.63) is 48.5 Å². The number of aromatic nitrogens is 2. The number of para-hydroxylation sites is 3. The zero-order valence-electron chi connectivity index (χ0n) is 9.46. The molecule has 0 saturated carbocycles. The summed E-state index contributed by atoms with van der Waals surface area (Å²) in [6.07, 6.45) is 0. The van der Waals surface area contributed by atoms with Gasteiger partial charge in [0.1, 0.15) is 11.6 Å². The summed E-state index contributed by atoms with van der Waals surface area (Å²) in [5.41, 5.74) is 2.75. The highest BCUT2D eigenvalue weighted by atomic mass is 16.3. The third-order valence-electron chi connectivity index (χ3n) is 2.93. The first kappa shape index (κ1) is 9.90. The average Bonchev–Trinajstić information content (AvgIpc) is 2.68. The van der Waals surface area contributed by atoms with Gasteiger partial charge in [0.15, 0.2) is 0 Å². The lowest BCUT2D eigenvalue weighted by Gasteiger charge is -2.04. The van der Waals surface area contributed by atoms with Gasteiger partial charge in [0.2, 0.25) is 0 Å². The van der Waals surface area contributed by atoms with Gasteiger partial charge >= 0.3 is 0 Å². The Morgan fingerprint density at radius 2 is 1.71 bits per heavy atom. The topological polar surface area (TPSA) is 38.0 Å². The Bertz CT molecular complexity index is 686. The van der Waals surface area contributed by atoms with Gasteiger partial charge in [-0.1, -0.05) is 24.3 Å². The summed E-state index contributed by atoms with van der Waals surface area (Å²) < 4.78 is 1.99. The number of hydrogen-bond acceptors (Lipinski definition) is 2. The average molecular weight is 224 g/mol. The van der Waals surface area contributed by atoms with Crippen molar-refractivity contribution in [3.8, 4) is 17.1 Å². The molecule has 84 valence electrons. The first-order chi connectivity index (χ1) is 8.27. The zero-order valence-corrected chi connectivity index (χ0v) is 9.46. The number of aromatic hydroxyl groups is 1. The van der Waals surface area contributed by atoms with Gasteiger partial charge in [-0.15, -0.1) is 0 Å². The molecule has 0 bridgehead atoms. The number of fused-ring (bicyclic) bond motifs is 1. The minimum Gasteiger partial charge on any atom is -0.507 e. The molecule has 0 spiro atoms. The van der Waals surface area contributed by atoms with Crippen LogP contribution < -0.4 is 0 Å². The van der Waals surface area contributed by atoms with Crippen molar-refractivity contribution in [3.63, 3.8) is 0 Å². The molecule has 3 nitrogen and oxygen atoms in total. The van der Waals surface area contributed by atoms with Crippen LogP contribution in [0, 0.1) is 0 Å². The molecule has 1 aromatic heterocycles. The van der Waals surface area contributed by atoms with Crippen molar-refractivity contribution in [1.82, 2.24) is 9.55 Å². The number of nitrogens with zero attached hydrogens (tertiary/aromatic N) is 2. The predicted octanol–water partition coefficient (Wildman–Crippen LogP) is 2.95. The molecule has 0 fully saturated rings. The Balaban J connectivity index is 2.32. The van der Waals surface area contributed by atoms with E-state index in [0.717, 1.165) is 22.4 Å². The van der Waals surface area contributed by atoms with Crippen LogP contribution in [0.15, 0.2) is 48.5 Å². The van der Waals surface area contributed by atoms with Gasteiger partial charge in [-0.2, -0.15) is 0 Å². The lowest BCUT2D eigenvalue weighted by molar-refractivity contribution is 0.476. The standard InChI is InChI=1S/C14H12N2O/c1-16-12-8-4-3-7-11(12)15-14(16)10-6-2-5-9-13(10)17/h2-9,17H,1H3. The Labute approximate surface area is 99.0 Å². The Morgan fingerprint density at radius 3 is 2.47 bits per heavy atom. The van der Waals surface area contributed by atoms with Crippen LogP contribution in [0.5, 0.6) is 5.75 Å². The molecule has 1 heterocycles. The van der Waals surface area contributed by atoms with Crippen molar-refractivity contribution in [2.45, 2.75) is 0 Å². The van der Waals surface area contributed by atoms with E-state index in [4.69, 9.17) is 0 Å². The van der Waals surface area contributed by atoms with Crippen molar-refractivity contribution in [2.24, 2.45) is 7.05 Å². The minimum atomic E-state index is 0.255. The van der Waals surface area contributed by atoms with Gasteiger partial charge in [0, 0.05) is 7.05 Å². The van der Waals surface area contributed by atoms with Crippen molar-refractivity contribution in [2.75, 3.05) is 0 Å². The van der Waals surface area contributed by atoms with Crippen molar-refractivity contribution < 1.29 is 5.11 Å². The SMILES string of the molecule is Cn1c(-c2ccccc2O)nc2ccccc21. The fourth-order valence-corrected chi connectivity index (χ4v) is 2.05. The molecule has 0 aliphatic rings. The van der Waals surface area contributed by atoms with Crippen LogP contribution in [0.3, 0.4) is 0 Å². The number of phenolic OH excluding ortho intramolecular Hbond substituents is 1. The summed E-state index contributed by atoms with van der Waals surface area (Å²) >= 11 is 0. The number of aryl methyl sites for hydroxylation is 1.